The second-order valence-corrected chi connectivity index (χ2v) is 4.97. The zero-order chi connectivity index (χ0) is 15.2. The summed E-state index contributed by atoms with van der Waals surface area (Å²) in [6.07, 6.45) is 0.867. The molecule has 21 heavy (non-hydrogen) atoms. The van der Waals surface area contributed by atoms with Gasteiger partial charge in [0.25, 0.3) is 0 Å². The summed E-state index contributed by atoms with van der Waals surface area (Å²) in [7, 11) is 1.97. The van der Waals surface area contributed by atoms with Crippen LogP contribution in [0.1, 0.15) is 42.4 Å². The van der Waals surface area contributed by atoms with Crippen molar-refractivity contribution in [2.75, 3.05) is 13.7 Å². The predicted octanol–water partition coefficient (Wildman–Crippen LogP) is 3.05. The van der Waals surface area contributed by atoms with Gasteiger partial charge in [0.15, 0.2) is 0 Å². The van der Waals surface area contributed by atoms with Crippen LogP contribution < -0.4 is 10.1 Å². The Morgan fingerprint density at radius 2 is 2.00 bits per heavy atom. The number of rotatable bonds is 6. The Balaban J connectivity index is 2.44. The Morgan fingerprint density at radius 1 is 1.19 bits per heavy atom. The van der Waals surface area contributed by atoms with Gasteiger partial charge in [0, 0.05) is 0 Å². The minimum Gasteiger partial charge on any atom is -0.494 e. The molecule has 2 rings (SSSR count). The van der Waals surface area contributed by atoms with E-state index in [9.17, 15) is 0 Å². The number of aryl methyl sites for hydroxylation is 2. The van der Waals surface area contributed by atoms with Crippen molar-refractivity contribution in [3.05, 3.63) is 52.8 Å². The van der Waals surface area contributed by atoms with Gasteiger partial charge in [0.05, 0.1) is 24.0 Å². The van der Waals surface area contributed by atoms with E-state index >= 15 is 0 Å². The Hall–Kier alpha value is -1.94. The second-order valence-electron chi connectivity index (χ2n) is 4.97. The van der Waals surface area contributed by atoms with E-state index in [0.717, 1.165) is 23.6 Å². The number of benzene rings is 1. The minimum absolute atomic E-state index is 0.0922. The van der Waals surface area contributed by atoms with Crippen LogP contribution in [-0.2, 0) is 6.42 Å². The van der Waals surface area contributed by atoms with Crippen LogP contribution in [0.25, 0.3) is 0 Å². The maximum absolute atomic E-state index is 5.60. The monoisotopic (exact) mass is 285 g/mol. The van der Waals surface area contributed by atoms with Crippen molar-refractivity contribution in [2.45, 2.75) is 33.2 Å². The molecule has 1 N–H and O–H groups in total. The van der Waals surface area contributed by atoms with E-state index in [2.05, 4.69) is 40.6 Å². The van der Waals surface area contributed by atoms with Crippen molar-refractivity contribution in [2.24, 2.45) is 0 Å². The summed E-state index contributed by atoms with van der Waals surface area (Å²) in [4.78, 5) is 0. The predicted molar refractivity (Wildman–Crippen MR) is 84.7 cm³/mol. The molecule has 0 saturated heterocycles. The highest BCUT2D eigenvalue weighted by Gasteiger charge is 2.17. The molecule has 112 valence electrons. The van der Waals surface area contributed by atoms with Gasteiger partial charge in [-0.3, -0.25) is 0 Å². The average Bonchev–Trinajstić information content (AvgIpc) is 2.49. The van der Waals surface area contributed by atoms with Gasteiger partial charge in [-0.05, 0) is 56.6 Å². The summed E-state index contributed by atoms with van der Waals surface area (Å²) in [5, 5.41) is 11.9. The number of nitrogens with zero attached hydrogens (tertiary/aromatic N) is 2. The van der Waals surface area contributed by atoms with Gasteiger partial charge in [0.2, 0.25) is 0 Å². The molecule has 2 aromatic rings. The van der Waals surface area contributed by atoms with E-state index in [0.29, 0.717) is 6.61 Å². The van der Waals surface area contributed by atoms with Gasteiger partial charge in [-0.25, -0.2) is 0 Å². The van der Waals surface area contributed by atoms with Crippen LogP contribution in [0.3, 0.4) is 0 Å². The highest BCUT2D eigenvalue weighted by Crippen LogP contribution is 2.27. The first kappa shape index (κ1) is 15.4. The lowest BCUT2D eigenvalue weighted by Crippen LogP contribution is -2.20. The molecule has 1 unspecified atom stereocenters. The van der Waals surface area contributed by atoms with Crippen LogP contribution in [-0.4, -0.2) is 23.9 Å². The molecule has 1 aromatic heterocycles. The highest BCUT2D eigenvalue weighted by molar-refractivity contribution is 5.38. The molecular weight excluding hydrogens is 262 g/mol. The van der Waals surface area contributed by atoms with Gasteiger partial charge >= 0.3 is 0 Å². The molecule has 0 saturated carbocycles. The number of ether oxygens (including phenoxy) is 1. The summed E-state index contributed by atoms with van der Waals surface area (Å²) in [5.74, 6) is 0.895. The molecule has 0 spiro atoms. The Labute approximate surface area is 126 Å². The van der Waals surface area contributed by atoms with Crippen molar-refractivity contribution in [1.29, 1.82) is 0 Å². The fourth-order valence-electron chi connectivity index (χ4n) is 2.51. The molecule has 1 atom stereocenters. The second kappa shape index (κ2) is 7.18. The van der Waals surface area contributed by atoms with E-state index in [1.165, 1.54) is 11.1 Å². The zero-order valence-electron chi connectivity index (χ0n) is 13.2. The molecular formula is C17H23N3O. The molecule has 1 aromatic carbocycles. The van der Waals surface area contributed by atoms with Crippen LogP contribution in [0.2, 0.25) is 0 Å². The third-order valence-electron chi connectivity index (χ3n) is 3.46. The Morgan fingerprint density at radius 3 is 2.67 bits per heavy atom. The number of hydrogen-bond donors (Lipinski definition) is 1. The Bertz CT molecular complexity index is 598. The molecule has 4 nitrogen and oxygen atoms in total. The van der Waals surface area contributed by atoms with Crippen molar-refractivity contribution < 1.29 is 4.74 Å². The molecule has 1 heterocycles. The summed E-state index contributed by atoms with van der Waals surface area (Å²) < 4.78 is 5.60. The quantitative estimate of drug-likeness (QED) is 0.886. The average molecular weight is 285 g/mol. The third kappa shape index (κ3) is 3.58. The van der Waals surface area contributed by atoms with E-state index in [1.807, 2.05) is 33.0 Å². The summed E-state index contributed by atoms with van der Waals surface area (Å²) in [6.45, 7) is 6.74. The topological polar surface area (TPSA) is 47.0 Å². The maximum Gasteiger partial charge on any atom is 0.119 e. The summed E-state index contributed by atoms with van der Waals surface area (Å²) in [5.41, 5.74) is 4.32. The number of nitrogens with one attached hydrogen (secondary N) is 1. The molecule has 0 amide bonds. The lowest BCUT2D eigenvalue weighted by Gasteiger charge is -2.20. The maximum atomic E-state index is 5.60. The molecule has 4 heteroatoms. The summed E-state index contributed by atoms with van der Waals surface area (Å²) in [6, 6.07) is 10.4. The third-order valence-corrected chi connectivity index (χ3v) is 3.46. The molecule has 0 bridgehead atoms. The van der Waals surface area contributed by atoms with E-state index in [-0.39, 0.29) is 6.04 Å². The fraction of sp³-hybridized carbons (Fsp3) is 0.412. The first-order valence-corrected chi connectivity index (χ1v) is 7.42. The normalized spacial score (nSPS) is 12.2. The molecule has 0 aliphatic heterocycles. The minimum atomic E-state index is 0.0922. The van der Waals surface area contributed by atoms with Gasteiger partial charge in [-0.15, -0.1) is 0 Å². The van der Waals surface area contributed by atoms with Gasteiger partial charge in [0.1, 0.15) is 5.75 Å². The standard InChI is InChI=1S/C17H23N3O/c1-5-16-15(10-12(3)19-20-16)17(18-4)13-8-7-9-14(11-13)21-6-2/h7-11,17-18H,5-6H2,1-4H3. The number of hydrogen-bond acceptors (Lipinski definition) is 4. The summed E-state index contributed by atoms with van der Waals surface area (Å²) >= 11 is 0. The van der Waals surface area contributed by atoms with Crippen LogP contribution >= 0.6 is 0 Å². The van der Waals surface area contributed by atoms with Crippen LogP contribution in [0.5, 0.6) is 5.75 Å². The lowest BCUT2D eigenvalue weighted by molar-refractivity contribution is 0.339. The lowest BCUT2D eigenvalue weighted by atomic mass is 9.96. The van der Waals surface area contributed by atoms with Gasteiger partial charge in [-0.2, -0.15) is 10.2 Å². The first-order chi connectivity index (χ1) is 10.2. The van der Waals surface area contributed by atoms with Crippen molar-refractivity contribution in [3.63, 3.8) is 0 Å². The van der Waals surface area contributed by atoms with E-state index < -0.39 is 0 Å². The van der Waals surface area contributed by atoms with Crippen molar-refractivity contribution >= 4 is 0 Å². The van der Waals surface area contributed by atoms with Crippen LogP contribution in [0, 0.1) is 6.92 Å². The fourth-order valence-corrected chi connectivity index (χ4v) is 2.51. The molecule has 0 aliphatic rings. The van der Waals surface area contributed by atoms with E-state index in [1.54, 1.807) is 0 Å². The molecule has 0 radical (unpaired) electrons. The molecule has 0 fully saturated rings. The molecule has 0 aliphatic carbocycles. The van der Waals surface area contributed by atoms with Crippen LogP contribution in [0.4, 0.5) is 0 Å². The zero-order valence-corrected chi connectivity index (χ0v) is 13.2. The SMILES string of the molecule is CCOc1cccc(C(NC)c2cc(C)nnc2CC)c1. The smallest absolute Gasteiger partial charge is 0.119 e. The number of aromatic nitrogens is 2. The Kier molecular flexibility index (Phi) is 5.28. The largest absolute Gasteiger partial charge is 0.494 e. The van der Waals surface area contributed by atoms with Gasteiger partial charge < -0.3 is 10.1 Å². The first-order valence-electron chi connectivity index (χ1n) is 7.42. The highest BCUT2D eigenvalue weighted by atomic mass is 16.5. The van der Waals surface area contributed by atoms with Gasteiger partial charge in [-0.1, -0.05) is 19.1 Å². The van der Waals surface area contributed by atoms with Crippen LogP contribution in [0.15, 0.2) is 30.3 Å². The van der Waals surface area contributed by atoms with E-state index in [4.69, 9.17) is 4.74 Å². The van der Waals surface area contributed by atoms with Crippen molar-refractivity contribution in [1.82, 2.24) is 15.5 Å². The van der Waals surface area contributed by atoms with Crippen molar-refractivity contribution in [3.8, 4) is 5.75 Å².